The monoisotopic (exact) mass is 1210 g/mol. The fraction of sp³-hybridized carbons (Fsp3) is 0.333. The predicted octanol–water partition coefficient (Wildman–Crippen LogP) is 13.1. The Morgan fingerprint density at radius 3 is 0.523 bits per heavy atom. The zero-order valence-corrected chi connectivity index (χ0v) is 49.9. The molecule has 8 nitrogen and oxygen atoms in total. The Morgan fingerprint density at radius 1 is 0.182 bits per heavy atom. The number of halogens is 8. The van der Waals surface area contributed by atoms with Gasteiger partial charge in [0.15, 0.2) is 0 Å². The van der Waals surface area contributed by atoms with Gasteiger partial charge in [0.2, 0.25) is 0 Å². The van der Waals surface area contributed by atoms with E-state index in [1.54, 1.807) is 0 Å². The van der Waals surface area contributed by atoms with Gasteiger partial charge in [0.25, 0.3) is 0 Å². The molecule has 0 aliphatic carbocycles. The molecule has 0 N–H and O–H groups in total. The molecule has 10 rings (SSSR count). The maximum absolute atomic E-state index is 14.6. The molecule has 0 radical (unpaired) electrons. The van der Waals surface area contributed by atoms with Crippen LogP contribution in [0.25, 0.3) is 11.1 Å². The van der Waals surface area contributed by atoms with E-state index >= 15 is 0 Å². The smallest absolute Gasteiger partial charge is 0.126 e. The standard InChI is InChI=1S/C72H78F8N8/c73-65-35-59(36-66(74)43-65)51-85-27-19-81(47-55-7-3-1-4-8-55)20-28-86(52-60-37-67(75)44-68(76)38-60)32-24-83(23-31-85)49-57-11-15-63(16-12-57)64-17-13-58(14-18-64)50-84-25-33-87(53-61-39-69(77)45-70(78)40-61)29-21-82(48-56-9-5-2-6-10-56)22-30-88(34-26-84)54-62-41-71(79)46-72(80)42-62/h1-18,35-46H,19-34,47-54H2. The summed E-state index contributed by atoms with van der Waals surface area (Å²) in [5, 5.41) is 0. The molecule has 16 heteroatoms. The maximum atomic E-state index is 14.6. The average molecular weight is 1210 g/mol. The molecule has 0 amide bonds. The van der Waals surface area contributed by atoms with Gasteiger partial charge in [-0.05, 0) is 104 Å². The van der Waals surface area contributed by atoms with Crippen LogP contribution in [-0.2, 0) is 52.4 Å². The number of hydrogen-bond acceptors (Lipinski definition) is 8. The molecule has 0 bridgehead atoms. The molecule has 2 aliphatic rings. The van der Waals surface area contributed by atoms with Gasteiger partial charge in [0, 0.05) is 181 Å². The number of benzene rings is 8. The van der Waals surface area contributed by atoms with Crippen molar-refractivity contribution in [2.45, 2.75) is 52.4 Å². The summed E-state index contributed by atoms with van der Waals surface area (Å²) < 4.78 is 116. The molecular formula is C72H78F8N8. The van der Waals surface area contributed by atoms with Gasteiger partial charge >= 0.3 is 0 Å². The minimum atomic E-state index is -0.608. The van der Waals surface area contributed by atoms with E-state index in [-0.39, 0.29) is 0 Å². The fourth-order valence-corrected chi connectivity index (χ4v) is 12.1. The number of hydrogen-bond donors (Lipinski definition) is 0. The van der Waals surface area contributed by atoms with Crippen molar-refractivity contribution < 1.29 is 35.1 Å². The summed E-state index contributed by atoms with van der Waals surface area (Å²) in [5.74, 6) is -4.86. The first-order valence-corrected chi connectivity index (χ1v) is 30.6. The molecule has 462 valence electrons. The summed E-state index contributed by atoms with van der Waals surface area (Å²) in [6.45, 7) is 14.6. The number of rotatable bonds is 17. The number of nitrogens with zero attached hydrogens (tertiary/aromatic N) is 8. The summed E-state index contributed by atoms with van der Waals surface area (Å²) in [4.78, 5) is 18.6. The largest absolute Gasteiger partial charge is 0.297 e. The van der Waals surface area contributed by atoms with E-state index < -0.39 is 46.5 Å². The van der Waals surface area contributed by atoms with Crippen molar-refractivity contribution >= 4 is 0 Å². The second-order valence-corrected chi connectivity index (χ2v) is 23.7. The summed E-state index contributed by atoms with van der Waals surface area (Å²) in [5.41, 5.74) is 8.90. The van der Waals surface area contributed by atoms with Crippen LogP contribution in [0.2, 0.25) is 0 Å². The van der Waals surface area contributed by atoms with Crippen LogP contribution in [0.5, 0.6) is 0 Å². The molecular weight excluding hydrogens is 1130 g/mol. The van der Waals surface area contributed by atoms with E-state index in [4.69, 9.17) is 0 Å². The zero-order chi connectivity index (χ0) is 61.2. The van der Waals surface area contributed by atoms with Crippen molar-refractivity contribution in [3.8, 4) is 11.1 Å². The minimum absolute atomic E-state index is 0.374. The molecule has 0 saturated carbocycles. The first kappa shape index (κ1) is 63.9. The highest BCUT2D eigenvalue weighted by Gasteiger charge is 2.22. The van der Waals surface area contributed by atoms with Gasteiger partial charge in [0.05, 0.1) is 0 Å². The van der Waals surface area contributed by atoms with Crippen LogP contribution < -0.4 is 0 Å². The first-order valence-electron chi connectivity index (χ1n) is 30.6. The van der Waals surface area contributed by atoms with Gasteiger partial charge in [-0.1, -0.05) is 109 Å². The highest BCUT2D eigenvalue weighted by molar-refractivity contribution is 5.64. The van der Waals surface area contributed by atoms with Gasteiger partial charge in [-0.25, -0.2) is 35.1 Å². The molecule has 0 atom stereocenters. The van der Waals surface area contributed by atoms with E-state index in [2.05, 4.69) is 112 Å². The molecule has 0 unspecified atom stereocenters. The lowest BCUT2D eigenvalue weighted by atomic mass is 10.0. The Bertz CT molecular complexity index is 3000. The lowest BCUT2D eigenvalue weighted by Gasteiger charge is -2.34. The van der Waals surface area contributed by atoms with E-state index in [0.717, 1.165) is 57.6 Å². The lowest BCUT2D eigenvalue weighted by Crippen LogP contribution is -2.45. The van der Waals surface area contributed by atoms with E-state index in [1.807, 2.05) is 36.4 Å². The Kier molecular flexibility index (Phi) is 23.1. The molecule has 2 aliphatic heterocycles. The normalized spacial score (nSPS) is 17.0. The highest BCUT2D eigenvalue weighted by Crippen LogP contribution is 2.24. The van der Waals surface area contributed by atoms with Crippen LogP contribution in [0.1, 0.15) is 44.5 Å². The quantitative estimate of drug-likeness (QED) is 0.0832. The lowest BCUT2D eigenvalue weighted by molar-refractivity contribution is 0.122. The Balaban J connectivity index is 0.840. The Morgan fingerprint density at radius 2 is 0.341 bits per heavy atom. The van der Waals surface area contributed by atoms with E-state index in [9.17, 15) is 35.1 Å². The minimum Gasteiger partial charge on any atom is -0.297 e. The van der Waals surface area contributed by atoms with Crippen LogP contribution in [-0.4, -0.2) is 144 Å². The third kappa shape index (κ3) is 20.5. The van der Waals surface area contributed by atoms with Gasteiger partial charge in [-0.3, -0.25) is 39.2 Å². The van der Waals surface area contributed by atoms with Crippen LogP contribution in [0.3, 0.4) is 0 Å². The third-order valence-corrected chi connectivity index (χ3v) is 16.7. The molecule has 0 aromatic heterocycles. The fourth-order valence-electron chi connectivity index (χ4n) is 12.1. The van der Waals surface area contributed by atoms with Crippen LogP contribution in [0, 0.1) is 46.5 Å². The molecule has 2 saturated heterocycles. The molecule has 2 fully saturated rings. The summed E-state index contributed by atoms with van der Waals surface area (Å²) in [6.07, 6.45) is 0. The van der Waals surface area contributed by atoms with Gasteiger partial charge < -0.3 is 0 Å². The van der Waals surface area contributed by atoms with E-state index in [1.165, 1.54) is 48.5 Å². The second-order valence-electron chi connectivity index (χ2n) is 23.7. The van der Waals surface area contributed by atoms with Crippen molar-refractivity contribution in [1.82, 2.24) is 39.2 Å². The summed E-state index contributed by atoms with van der Waals surface area (Å²) >= 11 is 0. The van der Waals surface area contributed by atoms with Crippen molar-refractivity contribution in [3.05, 3.63) is 273 Å². The average Bonchev–Trinajstić information content (AvgIpc) is 3.69. The van der Waals surface area contributed by atoms with Crippen molar-refractivity contribution in [1.29, 1.82) is 0 Å². The van der Waals surface area contributed by atoms with Crippen LogP contribution in [0.4, 0.5) is 35.1 Å². The zero-order valence-electron chi connectivity index (χ0n) is 49.9. The molecule has 8 aromatic carbocycles. The maximum Gasteiger partial charge on any atom is 0.126 e. The van der Waals surface area contributed by atoms with Crippen molar-refractivity contribution in [2.75, 3.05) is 105 Å². The van der Waals surface area contributed by atoms with Gasteiger partial charge in [0.1, 0.15) is 46.5 Å². The topological polar surface area (TPSA) is 25.9 Å². The van der Waals surface area contributed by atoms with Crippen LogP contribution in [0.15, 0.2) is 182 Å². The molecule has 88 heavy (non-hydrogen) atoms. The summed E-state index contributed by atoms with van der Waals surface area (Å²) in [6, 6.07) is 52.4. The van der Waals surface area contributed by atoms with Crippen molar-refractivity contribution in [2.24, 2.45) is 0 Å². The SMILES string of the molecule is Fc1cc(F)cc(CN2CCN(Cc3ccccc3)CCN(Cc3cc(F)cc(F)c3)CCN(Cc3ccc(-c4ccc(CN5CCN(Cc6cc(F)cc(F)c6)CCN(Cc6ccccc6)CCN(Cc6cc(F)cc(F)c6)CC5)cc4)cc3)CC2)c1. The van der Waals surface area contributed by atoms with Crippen LogP contribution >= 0.6 is 0 Å². The summed E-state index contributed by atoms with van der Waals surface area (Å²) in [7, 11) is 0. The van der Waals surface area contributed by atoms with Gasteiger partial charge in [-0.15, -0.1) is 0 Å². The first-order chi connectivity index (χ1) is 42.7. The third-order valence-electron chi connectivity index (χ3n) is 16.7. The van der Waals surface area contributed by atoms with E-state index in [0.29, 0.717) is 179 Å². The van der Waals surface area contributed by atoms with Gasteiger partial charge in [-0.2, -0.15) is 0 Å². The highest BCUT2D eigenvalue weighted by atomic mass is 19.2. The Hall–Kier alpha value is -7.12. The molecule has 8 aromatic rings. The second kappa shape index (κ2) is 31.9. The molecule has 2 heterocycles. The predicted molar refractivity (Wildman–Crippen MR) is 332 cm³/mol. The van der Waals surface area contributed by atoms with Crippen molar-refractivity contribution in [3.63, 3.8) is 0 Å². The molecule has 0 spiro atoms. The Labute approximate surface area is 513 Å².